The first-order chi connectivity index (χ1) is 6.22. The Morgan fingerprint density at radius 1 is 1.46 bits per heavy atom. The molecule has 0 aromatic heterocycles. The molecule has 0 bridgehead atoms. The normalized spacial score (nSPS) is 8.92. The minimum absolute atomic E-state index is 0.389. The monoisotopic (exact) mass is 238 g/mol. The molecule has 3 nitrogen and oxygen atoms in total. The van der Waals surface area contributed by atoms with Gasteiger partial charge in [0.15, 0.2) is 6.07 Å². The molecule has 0 aliphatic heterocycles. The van der Waals surface area contributed by atoms with E-state index in [0.717, 1.165) is 10.0 Å². The van der Waals surface area contributed by atoms with Crippen molar-refractivity contribution >= 4 is 21.8 Å². The summed E-state index contributed by atoms with van der Waals surface area (Å²) in [7, 11) is 0. The van der Waals surface area contributed by atoms with Crippen LogP contribution in [-0.2, 0) is 11.3 Å². The van der Waals surface area contributed by atoms with Gasteiger partial charge in [0.1, 0.15) is 0 Å². The van der Waals surface area contributed by atoms with E-state index in [2.05, 4.69) is 21.2 Å². The largest absolute Gasteiger partial charge is 0.339 e. The first-order valence-corrected chi connectivity index (χ1v) is 4.44. The second-order valence-corrected chi connectivity index (χ2v) is 3.34. The number of amides is 1. The maximum atomic E-state index is 10.6. The number of nitrogens with one attached hydrogen (secondary N) is 1. The lowest BCUT2D eigenvalue weighted by Crippen LogP contribution is -2.20. The van der Waals surface area contributed by atoms with Gasteiger partial charge in [-0.2, -0.15) is 5.26 Å². The van der Waals surface area contributed by atoms with Gasteiger partial charge < -0.3 is 5.32 Å². The highest BCUT2D eigenvalue weighted by atomic mass is 79.9. The van der Waals surface area contributed by atoms with E-state index in [1.54, 1.807) is 0 Å². The van der Waals surface area contributed by atoms with E-state index in [-0.39, 0.29) is 0 Å². The minimum Gasteiger partial charge on any atom is -0.339 e. The summed E-state index contributed by atoms with van der Waals surface area (Å²) in [5.41, 5.74) is 0.965. The fourth-order valence-corrected chi connectivity index (χ4v) is 1.09. The van der Waals surface area contributed by atoms with Crippen LogP contribution in [0.5, 0.6) is 0 Å². The lowest BCUT2D eigenvalue weighted by molar-refractivity contribution is -0.116. The van der Waals surface area contributed by atoms with Crippen molar-refractivity contribution < 1.29 is 4.79 Å². The topological polar surface area (TPSA) is 52.9 Å². The second-order valence-electron chi connectivity index (χ2n) is 2.42. The van der Waals surface area contributed by atoms with Crippen molar-refractivity contribution in [2.75, 3.05) is 0 Å². The van der Waals surface area contributed by atoms with E-state index in [4.69, 9.17) is 5.26 Å². The van der Waals surface area contributed by atoms with Crippen molar-refractivity contribution in [1.82, 2.24) is 5.32 Å². The van der Waals surface area contributed by atoms with Gasteiger partial charge in [-0.1, -0.05) is 28.1 Å². The molecular formula is C9H7BrN2O. The average molecular weight is 239 g/mol. The van der Waals surface area contributed by atoms with Crippen molar-refractivity contribution in [2.24, 2.45) is 0 Å². The molecule has 0 saturated heterocycles. The van der Waals surface area contributed by atoms with Gasteiger partial charge in [0.2, 0.25) is 0 Å². The third kappa shape index (κ3) is 3.26. The smallest absolute Gasteiger partial charge is 0.322 e. The molecule has 0 unspecified atom stereocenters. The Labute approximate surface area is 84.5 Å². The number of benzene rings is 1. The summed E-state index contributed by atoms with van der Waals surface area (Å²) in [6.07, 6.45) is 0. The highest BCUT2D eigenvalue weighted by Crippen LogP contribution is 2.09. The molecule has 1 aromatic rings. The first-order valence-electron chi connectivity index (χ1n) is 3.65. The standard InChI is InChI=1S/C9H7BrN2O/c10-8-3-1-7(2-4-8)6-12-9(13)5-11/h1-4H,6H2,(H,12,13). The second kappa shape index (κ2) is 4.63. The number of halogens is 1. The summed E-state index contributed by atoms with van der Waals surface area (Å²) in [6, 6.07) is 9.01. The Hall–Kier alpha value is -1.34. The van der Waals surface area contributed by atoms with E-state index in [1.165, 1.54) is 6.07 Å². The summed E-state index contributed by atoms with van der Waals surface area (Å²) < 4.78 is 0.989. The molecule has 0 aliphatic rings. The van der Waals surface area contributed by atoms with Crippen LogP contribution in [0.15, 0.2) is 28.7 Å². The van der Waals surface area contributed by atoms with Crippen molar-refractivity contribution in [3.05, 3.63) is 34.3 Å². The molecule has 1 aromatic carbocycles. The van der Waals surface area contributed by atoms with Crippen LogP contribution >= 0.6 is 15.9 Å². The fraction of sp³-hybridized carbons (Fsp3) is 0.111. The minimum atomic E-state index is -0.608. The van der Waals surface area contributed by atoms with E-state index >= 15 is 0 Å². The number of hydrogen-bond acceptors (Lipinski definition) is 2. The molecule has 0 saturated carbocycles. The molecule has 0 aliphatic carbocycles. The molecule has 66 valence electrons. The molecule has 0 spiro atoms. The Bertz CT molecular complexity index is 340. The quantitative estimate of drug-likeness (QED) is 0.796. The summed E-state index contributed by atoms with van der Waals surface area (Å²) in [5.74, 6) is -0.608. The van der Waals surface area contributed by atoms with Gasteiger partial charge in [-0.05, 0) is 17.7 Å². The maximum Gasteiger partial charge on any atom is 0.322 e. The van der Waals surface area contributed by atoms with Crippen LogP contribution < -0.4 is 5.32 Å². The molecule has 13 heavy (non-hydrogen) atoms. The van der Waals surface area contributed by atoms with E-state index in [9.17, 15) is 4.79 Å². The van der Waals surface area contributed by atoms with Crippen LogP contribution in [0.2, 0.25) is 0 Å². The lowest BCUT2D eigenvalue weighted by atomic mass is 10.2. The molecule has 1 rings (SSSR count). The zero-order valence-corrected chi connectivity index (χ0v) is 8.34. The molecule has 4 heteroatoms. The van der Waals surface area contributed by atoms with Crippen molar-refractivity contribution in [3.63, 3.8) is 0 Å². The predicted octanol–water partition coefficient (Wildman–Crippen LogP) is 1.59. The van der Waals surface area contributed by atoms with Crippen molar-refractivity contribution in [1.29, 1.82) is 5.26 Å². The number of nitrogens with zero attached hydrogens (tertiary/aromatic N) is 1. The van der Waals surface area contributed by atoms with Crippen LogP contribution in [0.1, 0.15) is 5.56 Å². The van der Waals surface area contributed by atoms with Gasteiger partial charge in [0.05, 0.1) is 0 Å². The molecule has 0 atom stereocenters. The molecule has 0 fully saturated rings. The molecule has 1 N–H and O–H groups in total. The first kappa shape index (κ1) is 9.75. The van der Waals surface area contributed by atoms with Gasteiger partial charge in [0, 0.05) is 11.0 Å². The maximum absolute atomic E-state index is 10.6. The number of carbonyl (C=O) groups is 1. The van der Waals surface area contributed by atoms with Crippen molar-refractivity contribution in [2.45, 2.75) is 6.54 Å². The van der Waals surface area contributed by atoms with Crippen LogP contribution in [0.4, 0.5) is 0 Å². The van der Waals surface area contributed by atoms with E-state index < -0.39 is 5.91 Å². The molecule has 1 amide bonds. The third-order valence-corrected chi connectivity index (χ3v) is 2.00. The number of nitriles is 1. The van der Waals surface area contributed by atoms with Crippen LogP contribution in [0, 0.1) is 11.3 Å². The number of rotatable bonds is 2. The van der Waals surface area contributed by atoms with Gasteiger partial charge in [-0.3, -0.25) is 4.79 Å². The zero-order valence-electron chi connectivity index (χ0n) is 6.75. The molecular weight excluding hydrogens is 232 g/mol. The zero-order chi connectivity index (χ0) is 9.68. The lowest BCUT2D eigenvalue weighted by Gasteiger charge is -2.00. The third-order valence-electron chi connectivity index (χ3n) is 1.47. The van der Waals surface area contributed by atoms with E-state index in [1.807, 2.05) is 24.3 Å². The van der Waals surface area contributed by atoms with Gasteiger partial charge in [-0.15, -0.1) is 0 Å². The number of hydrogen-bond donors (Lipinski definition) is 1. The van der Waals surface area contributed by atoms with Gasteiger partial charge in [0.25, 0.3) is 0 Å². The average Bonchev–Trinajstić information content (AvgIpc) is 2.16. The summed E-state index contributed by atoms with van der Waals surface area (Å²) >= 11 is 3.30. The number of carbonyl (C=O) groups excluding carboxylic acids is 1. The molecule has 0 radical (unpaired) electrons. The Morgan fingerprint density at radius 3 is 2.62 bits per heavy atom. The molecule has 0 heterocycles. The highest BCUT2D eigenvalue weighted by Gasteiger charge is 1.97. The predicted molar refractivity (Wildman–Crippen MR) is 51.6 cm³/mol. The summed E-state index contributed by atoms with van der Waals surface area (Å²) in [5, 5.41) is 10.6. The summed E-state index contributed by atoms with van der Waals surface area (Å²) in [6.45, 7) is 0.389. The Morgan fingerprint density at radius 2 is 2.08 bits per heavy atom. The Balaban J connectivity index is 2.52. The van der Waals surface area contributed by atoms with Crippen molar-refractivity contribution in [3.8, 4) is 6.07 Å². The fourth-order valence-electron chi connectivity index (χ4n) is 0.824. The van der Waals surface area contributed by atoms with Gasteiger partial charge in [-0.25, -0.2) is 0 Å². The highest BCUT2D eigenvalue weighted by molar-refractivity contribution is 9.10. The SMILES string of the molecule is N#CC(=O)NCc1ccc(Br)cc1. The van der Waals surface area contributed by atoms with Crippen LogP contribution in [-0.4, -0.2) is 5.91 Å². The summed E-state index contributed by atoms with van der Waals surface area (Å²) in [4.78, 5) is 10.6. The van der Waals surface area contributed by atoms with Crippen LogP contribution in [0.25, 0.3) is 0 Å². The van der Waals surface area contributed by atoms with Crippen LogP contribution in [0.3, 0.4) is 0 Å². The van der Waals surface area contributed by atoms with E-state index in [0.29, 0.717) is 6.54 Å². The van der Waals surface area contributed by atoms with Gasteiger partial charge >= 0.3 is 5.91 Å². The Kier molecular flexibility index (Phi) is 3.47.